The molecule has 6 nitrogen and oxygen atoms in total. The maximum absolute atomic E-state index is 12.4. The van der Waals surface area contributed by atoms with Gasteiger partial charge < -0.3 is 5.32 Å². The third kappa shape index (κ3) is 4.32. The number of nitrogens with one attached hydrogen (secondary N) is 1. The Morgan fingerprint density at radius 3 is 2.61 bits per heavy atom. The van der Waals surface area contributed by atoms with Crippen LogP contribution in [0.3, 0.4) is 0 Å². The number of carbonyl (C=O) groups excluding carboxylic acids is 1. The van der Waals surface area contributed by atoms with E-state index in [-0.39, 0.29) is 11.6 Å². The Hall–Kier alpha value is -2.89. The number of amides is 1. The van der Waals surface area contributed by atoms with Crippen LogP contribution in [0, 0.1) is 0 Å². The highest BCUT2D eigenvalue weighted by Crippen LogP contribution is 2.23. The Bertz CT molecular complexity index is 1010. The van der Waals surface area contributed by atoms with E-state index in [2.05, 4.69) is 18.8 Å². The second-order valence-electron chi connectivity index (χ2n) is 6.86. The van der Waals surface area contributed by atoms with Gasteiger partial charge in [-0.25, -0.2) is 9.78 Å². The molecule has 28 heavy (non-hydrogen) atoms. The number of pyridine rings is 1. The summed E-state index contributed by atoms with van der Waals surface area (Å²) in [5, 5.41) is 2.93. The minimum absolute atomic E-state index is 0.0878. The van der Waals surface area contributed by atoms with E-state index in [0.29, 0.717) is 30.0 Å². The van der Waals surface area contributed by atoms with Crippen molar-refractivity contribution >= 4 is 22.6 Å². The summed E-state index contributed by atoms with van der Waals surface area (Å²) in [6.45, 7) is 12.9. The molecule has 0 aliphatic carbocycles. The second kappa shape index (κ2) is 9.35. The van der Waals surface area contributed by atoms with Gasteiger partial charge in [0.1, 0.15) is 0 Å². The minimum Gasteiger partial charge on any atom is -0.352 e. The van der Waals surface area contributed by atoms with Crippen molar-refractivity contribution in [3.63, 3.8) is 0 Å². The first-order chi connectivity index (χ1) is 13.3. The molecule has 2 rings (SSSR count). The molecule has 0 radical (unpaired) electrons. The number of hydrogen-bond acceptors (Lipinski definition) is 3. The highest BCUT2D eigenvalue weighted by molar-refractivity contribution is 5.96. The summed E-state index contributed by atoms with van der Waals surface area (Å²) in [5.41, 5.74) is 4.37. The van der Waals surface area contributed by atoms with Gasteiger partial charge in [0, 0.05) is 31.3 Å². The van der Waals surface area contributed by atoms with Crippen molar-refractivity contribution in [3.8, 4) is 0 Å². The van der Waals surface area contributed by atoms with Gasteiger partial charge in [-0.2, -0.15) is 0 Å². The molecule has 150 valence electrons. The standard InChI is InChI=1S/C22H30N4O2/c1-7-10-13-23-21(27)16(5)14-17(15(4)8-2)18-11-12-19-20(24-18)25(6)22(28)26(19)9-3/h8,11-12,14H,2,7,9-10,13H2,1,3-6H3,(H,23,27)/b16-14+,17-15+. The number of unbranched alkanes of at least 4 members (excludes halogenated alkanes) is 1. The zero-order chi connectivity index (χ0) is 20.8. The average molecular weight is 383 g/mol. The van der Waals surface area contributed by atoms with Gasteiger partial charge in [0.15, 0.2) is 5.65 Å². The Kier molecular flexibility index (Phi) is 7.15. The summed E-state index contributed by atoms with van der Waals surface area (Å²) >= 11 is 0. The molecule has 0 saturated heterocycles. The smallest absolute Gasteiger partial charge is 0.330 e. The molecule has 0 aliphatic rings. The fourth-order valence-corrected chi connectivity index (χ4v) is 3.03. The van der Waals surface area contributed by atoms with Crippen molar-refractivity contribution in [2.24, 2.45) is 7.05 Å². The molecule has 0 atom stereocenters. The summed E-state index contributed by atoms with van der Waals surface area (Å²) in [7, 11) is 1.72. The Morgan fingerprint density at radius 2 is 2.00 bits per heavy atom. The normalized spacial score (nSPS) is 12.8. The fourth-order valence-electron chi connectivity index (χ4n) is 3.03. The van der Waals surface area contributed by atoms with Crippen LogP contribution in [0.15, 0.2) is 46.8 Å². The third-order valence-electron chi connectivity index (χ3n) is 4.84. The molecule has 6 heteroatoms. The van der Waals surface area contributed by atoms with Crippen LogP contribution >= 0.6 is 0 Å². The zero-order valence-electron chi connectivity index (χ0n) is 17.5. The third-order valence-corrected chi connectivity index (χ3v) is 4.84. The summed E-state index contributed by atoms with van der Waals surface area (Å²) in [6.07, 6.45) is 5.56. The van der Waals surface area contributed by atoms with Gasteiger partial charge in [0.2, 0.25) is 5.91 Å². The number of carbonyl (C=O) groups is 1. The van der Waals surface area contributed by atoms with Crippen molar-refractivity contribution in [2.45, 2.75) is 47.1 Å². The monoisotopic (exact) mass is 382 g/mol. The molecule has 2 aromatic heterocycles. The molecule has 0 bridgehead atoms. The molecule has 2 aromatic rings. The number of allylic oxidation sites excluding steroid dienone is 4. The SMILES string of the molecule is C=C/C(C)=C(\C=C(/C)C(=O)NCCCC)c1ccc2c(n1)n(C)c(=O)n2CC. The number of fused-ring (bicyclic) bond motifs is 1. The lowest BCUT2D eigenvalue weighted by atomic mass is 10.0. The van der Waals surface area contributed by atoms with Crippen LogP contribution in [-0.4, -0.2) is 26.6 Å². The van der Waals surface area contributed by atoms with Crippen molar-refractivity contribution in [1.82, 2.24) is 19.4 Å². The highest BCUT2D eigenvalue weighted by Gasteiger charge is 2.14. The lowest BCUT2D eigenvalue weighted by Crippen LogP contribution is -2.25. The van der Waals surface area contributed by atoms with Crippen LogP contribution in [0.1, 0.15) is 46.2 Å². The zero-order valence-corrected chi connectivity index (χ0v) is 17.5. The topological polar surface area (TPSA) is 68.9 Å². The molecular weight excluding hydrogens is 352 g/mol. The van der Waals surface area contributed by atoms with Crippen molar-refractivity contribution in [1.29, 1.82) is 0 Å². The first-order valence-electron chi connectivity index (χ1n) is 9.72. The quantitative estimate of drug-likeness (QED) is 0.431. The summed E-state index contributed by atoms with van der Waals surface area (Å²) < 4.78 is 3.25. The largest absolute Gasteiger partial charge is 0.352 e. The number of hydrogen-bond donors (Lipinski definition) is 1. The molecular formula is C22H30N4O2. The maximum atomic E-state index is 12.4. The van der Waals surface area contributed by atoms with E-state index in [4.69, 9.17) is 4.98 Å². The van der Waals surface area contributed by atoms with Gasteiger partial charge in [0.05, 0.1) is 11.2 Å². The highest BCUT2D eigenvalue weighted by atomic mass is 16.2. The number of rotatable bonds is 8. The van der Waals surface area contributed by atoms with Gasteiger partial charge >= 0.3 is 5.69 Å². The lowest BCUT2D eigenvalue weighted by molar-refractivity contribution is -0.117. The molecule has 0 fully saturated rings. The van der Waals surface area contributed by atoms with E-state index in [1.54, 1.807) is 29.2 Å². The van der Waals surface area contributed by atoms with Gasteiger partial charge in [0.25, 0.3) is 0 Å². The Balaban J connectivity index is 2.51. The maximum Gasteiger partial charge on any atom is 0.330 e. The number of aromatic nitrogens is 3. The fraction of sp³-hybridized carbons (Fsp3) is 0.409. The number of nitrogens with zero attached hydrogens (tertiary/aromatic N) is 3. The summed E-state index contributed by atoms with van der Waals surface area (Å²) in [6, 6.07) is 3.79. The molecule has 0 aromatic carbocycles. The van der Waals surface area contributed by atoms with Crippen LogP contribution in [-0.2, 0) is 18.4 Å². The van der Waals surface area contributed by atoms with Gasteiger partial charge in [-0.1, -0.05) is 26.0 Å². The van der Waals surface area contributed by atoms with Gasteiger partial charge in [-0.05, 0) is 51.0 Å². The lowest BCUT2D eigenvalue weighted by Gasteiger charge is -2.09. The summed E-state index contributed by atoms with van der Waals surface area (Å²) in [4.78, 5) is 29.4. The van der Waals surface area contributed by atoms with E-state index < -0.39 is 0 Å². The second-order valence-corrected chi connectivity index (χ2v) is 6.86. The predicted molar refractivity (Wildman–Crippen MR) is 115 cm³/mol. The minimum atomic E-state index is -0.0894. The van der Waals surface area contributed by atoms with Crippen molar-refractivity contribution < 1.29 is 4.79 Å². The molecule has 0 spiro atoms. The van der Waals surface area contributed by atoms with Crippen LogP contribution in [0.5, 0.6) is 0 Å². The van der Waals surface area contributed by atoms with Crippen LogP contribution < -0.4 is 11.0 Å². The van der Waals surface area contributed by atoms with E-state index in [0.717, 1.165) is 29.5 Å². The van der Waals surface area contributed by atoms with Crippen LogP contribution in [0.4, 0.5) is 0 Å². The Morgan fingerprint density at radius 1 is 1.29 bits per heavy atom. The Labute approximate surface area is 166 Å². The van der Waals surface area contributed by atoms with Gasteiger partial charge in [-0.3, -0.25) is 13.9 Å². The molecule has 0 unspecified atom stereocenters. The first kappa shape index (κ1) is 21.4. The molecule has 1 N–H and O–H groups in total. The summed E-state index contributed by atoms with van der Waals surface area (Å²) in [5.74, 6) is -0.0894. The van der Waals surface area contributed by atoms with Crippen LogP contribution in [0.25, 0.3) is 16.7 Å². The van der Waals surface area contributed by atoms with Crippen molar-refractivity contribution in [3.05, 3.63) is 58.2 Å². The number of aryl methyl sites for hydroxylation is 2. The van der Waals surface area contributed by atoms with E-state index in [1.807, 2.05) is 32.1 Å². The van der Waals surface area contributed by atoms with Gasteiger partial charge in [-0.15, -0.1) is 0 Å². The first-order valence-corrected chi connectivity index (χ1v) is 9.72. The van der Waals surface area contributed by atoms with Crippen LogP contribution in [0.2, 0.25) is 0 Å². The predicted octanol–water partition coefficient (Wildman–Crippen LogP) is 3.58. The molecule has 2 heterocycles. The van der Waals surface area contributed by atoms with E-state index in [1.165, 1.54) is 0 Å². The average Bonchev–Trinajstić information content (AvgIpc) is 2.94. The molecule has 0 saturated carbocycles. The number of imidazole rings is 1. The van der Waals surface area contributed by atoms with E-state index in [9.17, 15) is 9.59 Å². The van der Waals surface area contributed by atoms with Crippen molar-refractivity contribution in [2.75, 3.05) is 6.54 Å². The molecule has 1 amide bonds. The van der Waals surface area contributed by atoms with E-state index >= 15 is 0 Å². The molecule has 0 aliphatic heterocycles.